The van der Waals surface area contributed by atoms with Gasteiger partial charge in [0, 0.05) is 25.4 Å². The second-order valence-electron chi connectivity index (χ2n) is 3.61. The molecule has 2 N–H and O–H groups in total. The normalized spacial score (nSPS) is 10.5. The predicted octanol–water partition coefficient (Wildman–Crippen LogP) is 0.891. The van der Waals surface area contributed by atoms with Gasteiger partial charge in [-0.2, -0.15) is 0 Å². The van der Waals surface area contributed by atoms with Crippen molar-refractivity contribution in [2.45, 2.75) is 13.5 Å². The van der Waals surface area contributed by atoms with Gasteiger partial charge in [-0.05, 0) is 18.6 Å². The molecule has 0 amide bonds. The van der Waals surface area contributed by atoms with Crippen LogP contribution in [0.1, 0.15) is 11.3 Å². The highest BCUT2D eigenvalue weighted by atomic mass is 16.5. The summed E-state index contributed by atoms with van der Waals surface area (Å²) in [6.07, 6.45) is 0. The molecule has 0 aliphatic rings. The van der Waals surface area contributed by atoms with Gasteiger partial charge in [-0.15, -0.1) is 0 Å². The highest BCUT2D eigenvalue weighted by Crippen LogP contribution is 2.11. The van der Waals surface area contributed by atoms with Crippen molar-refractivity contribution < 1.29 is 14.2 Å². The zero-order valence-electron chi connectivity index (χ0n) is 10.4. The van der Waals surface area contributed by atoms with Gasteiger partial charge >= 0.3 is 0 Å². The van der Waals surface area contributed by atoms with Gasteiger partial charge in [0.1, 0.15) is 6.61 Å². The number of hydrogen-bond acceptors (Lipinski definition) is 5. The number of hydrogen-bond donors (Lipinski definition) is 1. The summed E-state index contributed by atoms with van der Waals surface area (Å²) in [5.41, 5.74) is 7.50. The molecular formula is C12H20N2O3. The topological polar surface area (TPSA) is 66.6 Å². The summed E-state index contributed by atoms with van der Waals surface area (Å²) in [6.45, 7) is 4.58. The molecule has 17 heavy (non-hydrogen) atoms. The molecule has 0 aliphatic heterocycles. The summed E-state index contributed by atoms with van der Waals surface area (Å²) in [6, 6.07) is 3.80. The van der Waals surface area contributed by atoms with Crippen molar-refractivity contribution in [2.75, 3.05) is 33.5 Å². The molecular weight excluding hydrogens is 220 g/mol. The third kappa shape index (κ3) is 5.63. The highest BCUT2D eigenvalue weighted by Gasteiger charge is 2.00. The van der Waals surface area contributed by atoms with Crippen LogP contribution in [-0.4, -0.2) is 38.5 Å². The molecule has 0 fully saturated rings. The van der Waals surface area contributed by atoms with E-state index in [1.807, 2.05) is 19.1 Å². The third-order valence-electron chi connectivity index (χ3n) is 2.13. The number of aryl methyl sites for hydroxylation is 1. The molecule has 0 radical (unpaired) electrons. The van der Waals surface area contributed by atoms with E-state index in [4.69, 9.17) is 19.9 Å². The number of nitrogens with two attached hydrogens (primary N) is 1. The Balaban J connectivity index is 2.28. The second-order valence-corrected chi connectivity index (χ2v) is 3.61. The van der Waals surface area contributed by atoms with E-state index in [2.05, 4.69) is 4.98 Å². The standard InChI is InChI=1S/C12H20N2O3/c1-10-7-11(9-13)8-12(14-10)17-6-5-16-4-3-15-2/h7-8H,3-6,9,13H2,1-2H3. The van der Waals surface area contributed by atoms with Gasteiger partial charge in [0.15, 0.2) is 0 Å². The molecule has 1 aromatic rings. The Kier molecular flexibility index (Phi) is 6.54. The van der Waals surface area contributed by atoms with Crippen LogP contribution in [0.5, 0.6) is 5.88 Å². The quantitative estimate of drug-likeness (QED) is 0.684. The first-order valence-electron chi connectivity index (χ1n) is 5.63. The van der Waals surface area contributed by atoms with Crippen LogP contribution in [0.4, 0.5) is 0 Å². The molecule has 0 spiro atoms. The van der Waals surface area contributed by atoms with Crippen molar-refractivity contribution in [1.82, 2.24) is 4.98 Å². The number of methoxy groups -OCH3 is 1. The first-order chi connectivity index (χ1) is 8.26. The Morgan fingerprint density at radius 2 is 1.94 bits per heavy atom. The van der Waals surface area contributed by atoms with Crippen LogP contribution in [0.25, 0.3) is 0 Å². The largest absolute Gasteiger partial charge is 0.475 e. The summed E-state index contributed by atoms with van der Waals surface area (Å²) in [5.74, 6) is 0.598. The van der Waals surface area contributed by atoms with Crippen molar-refractivity contribution in [2.24, 2.45) is 5.73 Å². The van der Waals surface area contributed by atoms with E-state index >= 15 is 0 Å². The van der Waals surface area contributed by atoms with E-state index in [1.54, 1.807) is 7.11 Å². The molecule has 0 aromatic carbocycles. The van der Waals surface area contributed by atoms with Crippen LogP contribution in [0.2, 0.25) is 0 Å². The lowest BCUT2D eigenvalue weighted by Crippen LogP contribution is -2.11. The minimum Gasteiger partial charge on any atom is -0.475 e. The zero-order valence-corrected chi connectivity index (χ0v) is 10.4. The predicted molar refractivity (Wildman–Crippen MR) is 65.1 cm³/mol. The van der Waals surface area contributed by atoms with Crippen LogP contribution in [0.15, 0.2) is 12.1 Å². The van der Waals surface area contributed by atoms with Crippen molar-refractivity contribution in [3.8, 4) is 5.88 Å². The number of nitrogens with zero attached hydrogens (tertiary/aromatic N) is 1. The Hall–Kier alpha value is -1.17. The molecule has 0 aliphatic carbocycles. The lowest BCUT2D eigenvalue weighted by Gasteiger charge is -2.08. The average molecular weight is 240 g/mol. The minimum atomic E-state index is 0.476. The average Bonchev–Trinajstić information content (AvgIpc) is 2.33. The summed E-state index contributed by atoms with van der Waals surface area (Å²) < 4.78 is 15.6. The Labute approximate surface area is 102 Å². The van der Waals surface area contributed by atoms with E-state index in [1.165, 1.54) is 0 Å². The van der Waals surface area contributed by atoms with E-state index in [9.17, 15) is 0 Å². The SMILES string of the molecule is COCCOCCOc1cc(CN)cc(C)n1. The minimum absolute atomic E-state index is 0.476. The Morgan fingerprint density at radius 3 is 2.65 bits per heavy atom. The number of rotatable bonds is 8. The van der Waals surface area contributed by atoms with Crippen molar-refractivity contribution in [3.63, 3.8) is 0 Å². The van der Waals surface area contributed by atoms with Crippen molar-refractivity contribution >= 4 is 0 Å². The number of pyridine rings is 1. The van der Waals surface area contributed by atoms with Crippen LogP contribution in [0.3, 0.4) is 0 Å². The first-order valence-corrected chi connectivity index (χ1v) is 5.63. The molecule has 5 heteroatoms. The number of ether oxygens (including phenoxy) is 3. The second kappa shape index (κ2) is 8.00. The van der Waals surface area contributed by atoms with Gasteiger partial charge in [-0.3, -0.25) is 0 Å². The monoisotopic (exact) mass is 240 g/mol. The molecule has 0 bridgehead atoms. The summed E-state index contributed by atoms with van der Waals surface area (Å²) >= 11 is 0. The van der Waals surface area contributed by atoms with Crippen LogP contribution in [0, 0.1) is 6.92 Å². The summed E-state index contributed by atoms with van der Waals surface area (Å²) in [7, 11) is 1.64. The Morgan fingerprint density at radius 1 is 1.18 bits per heavy atom. The fraction of sp³-hybridized carbons (Fsp3) is 0.583. The maximum atomic E-state index is 5.58. The van der Waals surface area contributed by atoms with E-state index in [0.29, 0.717) is 38.9 Å². The van der Waals surface area contributed by atoms with Gasteiger partial charge in [0.2, 0.25) is 5.88 Å². The summed E-state index contributed by atoms with van der Waals surface area (Å²) in [4.78, 5) is 4.26. The smallest absolute Gasteiger partial charge is 0.213 e. The van der Waals surface area contributed by atoms with Gasteiger partial charge in [-0.25, -0.2) is 4.98 Å². The van der Waals surface area contributed by atoms with Gasteiger partial charge in [-0.1, -0.05) is 0 Å². The molecule has 1 rings (SSSR count). The van der Waals surface area contributed by atoms with E-state index in [0.717, 1.165) is 11.3 Å². The van der Waals surface area contributed by atoms with Crippen molar-refractivity contribution in [1.29, 1.82) is 0 Å². The van der Waals surface area contributed by atoms with Gasteiger partial charge in [0.05, 0.1) is 19.8 Å². The molecule has 0 saturated carbocycles. The fourth-order valence-corrected chi connectivity index (χ4v) is 1.35. The molecule has 0 unspecified atom stereocenters. The third-order valence-corrected chi connectivity index (χ3v) is 2.13. The highest BCUT2D eigenvalue weighted by molar-refractivity contribution is 5.24. The molecule has 0 atom stereocenters. The van der Waals surface area contributed by atoms with E-state index < -0.39 is 0 Å². The lowest BCUT2D eigenvalue weighted by molar-refractivity contribution is 0.0536. The van der Waals surface area contributed by atoms with Gasteiger partial charge in [0.25, 0.3) is 0 Å². The molecule has 1 aromatic heterocycles. The molecule has 5 nitrogen and oxygen atoms in total. The maximum absolute atomic E-state index is 5.58. The zero-order chi connectivity index (χ0) is 12.5. The Bertz CT molecular complexity index is 332. The maximum Gasteiger partial charge on any atom is 0.213 e. The molecule has 0 saturated heterocycles. The molecule has 1 heterocycles. The number of aromatic nitrogens is 1. The first kappa shape index (κ1) is 13.9. The molecule has 96 valence electrons. The van der Waals surface area contributed by atoms with Crippen LogP contribution >= 0.6 is 0 Å². The lowest BCUT2D eigenvalue weighted by atomic mass is 10.2. The van der Waals surface area contributed by atoms with Crippen molar-refractivity contribution in [3.05, 3.63) is 23.4 Å². The van der Waals surface area contributed by atoms with Crippen LogP contribution in [-0.2, 0) is 16.0 Å². The van der Waals surface area contributed by atoms with E-state index in [-0.39, 0.29) is 0 Å². The van der Waals surface area contributed by atoms with Crippen LogP contribution < -0.4 is 10.5 Å². The van der Waals surface area contributed by atoms with Gasteiger partial charge < -0.3 is 19.9 Å². The summed E-state index contributed by atoms with van der Waals surface area (Å²) in [5, 5.41) is 0. The fourth-order valence-electron chi connectivity index (χ4n) is 1.35.